The Hall–Kier alpha value is -2.96. The van der Waals surface area contributed by atoms with Crippen LogP contribution in [-0.4, -0.2) is 7.91 Å². The number of rotatable bonds is 4. The molecule has 6 heteroatoms. The first-order valence-corrected chi connectivity index (χ1v) is 10.5. The third-order valence-electron chi connectivity index (χ3n) is 4.75. The normalized spacial score (nSPS) is 11.4. The van der Waals surface area contributed by atoms with E-state index in [1.807, 2.05) is 66.7 Å². The fourth-order valence-corrected chi connectivity index (χ4v) is 5.45. The molecule has 2 heterocycles. The van der Waals surface area contributed by atoms with Gasteiger partial charge in [0.15, 0.2) is 0 Å². The maximum absolute atomic E-state index is 12.6. The molecule has 138 valence electrons. The minimum absolute atomic E-state index is 0.0479. The van der Waals surface area contributed by atoms with Crippen molar-refractivity contribution in [2.24, 2.45) is 0 Å². The molecule has 0 spiro atoms. The molecular weight excluding hydrogens is 388 g/mol. The molecule has 3 aromatic carbocycles. The van der Waals surface area contributed by atoms with Gasteiger partial charge in [0.2, 0.25) is 0 Å². The van der Waals surface area contributed by atoms with Crippen LogP contribution in [0.2, 0.25) is 0 Å². The fraction of sp³-hybridized carbons (Fsp3) is 0.0909. The summed E-state index contributed by atoms with van der Waals surface area (Å²) in [6.07, 6.45) is 0. The number of aromatic nitrogens is 2. The van der Waals surface area contributed by atoms with Gasteiger partial charge in [0, 0.05) is 0 Å². The van der Waals surface area contributed by atoms with Gasteiger partial charge >= 0.3 is 0 Å². The highest BCUT2D eigenvalue weighted by Gasteiger charge is 2.10. The second-order valence-corrected chi connectivity index (χ2v) is 8.80. The molecule has 0 bridgehead atoms. The Morgan fingerprint density at radius 2 is 1.07 bits per heavy atom. The zero-order chi connectivity index (χ0) is 19.1. The molecule has 0 saturated carbocycles. The highest BCUT2D eigenvalue weighted by molar-refractivity contribution is 7.14. The van der Waals surface area contributed by atoms with Crippen molar-refractivity contribution >= 4 is 43.2 Å². The molecule has 0 amide bonds. The predicted octanol–water partition coefficient (Wildman–Crippen LogP) is 4.54. The fourth-order valence-electron chi connectivity index (χ4n) is 3.40. The van der Waals surface area contributed by atoms with E-state index >= 15 is 0 Å². The topological polar surface area (TPSA) is 44.0 Å². The van der Waals surface area contributed by atoms with Crippen LogP contribution in [0.15, 0.2) is 82.4 Å². The van der Waals surface area contributed by atoms with Crippen molar-refractivity contribution in [3.8, 4) is 0 Å². The summed E-state index contributed by atoms with van der Waals surface area (Å²) in [7, 11) is 0. The van der Waals surface area contributed by atoms with Crippen molar-refractivity contribution < 1.29 is 0 Å². The summed E-state index contributed by atoms with van der Waals surface area (Å²) in [5.74, 6) is 0. The molecular formula is C22H16N2O2S2. The number of hydrogen-bond donors (Lipinski definition) is 0. The molecule has 0 unspecified atom stereocenters. The predicted molar refractivity (Wildman–Crippen MR) is 117 cm³/mol. The summed E-state index contributed by atoms with van der Waals surface area (Å²) in [5, 5.41) is 1.53. The maximum Gasteiger partial charge on any atom is 0.268 e. The van der Waals surface area contributed by atoms with Crippen molar-refractivity contribution in [1.29, 1.82) is 0 Å². The third-order valence-corrected chi connectivity index (χ3v) is 6.88. The van der Waals surface area contributed by atoms with Gasteiger partial charge in [-0.3, -0.25) is 17.5 Å². The summed E-state index contributed by atoms with van der Waals surface area (Å²) in [6, 6.07) is 23.5. The SMILES string of the molecule is O=c1c2ccccc2sn1Cc1cccc(Cn2sc3ccccc3c2=O)c1. The Labute approximate surface area is 168 Å². The molecule has 0 fully saturated rings. The van der Waals surface area contributed by atoms with E-state index in [4.69, 9.17) is 0 Å². The summed E-state index contributed by atoms with van der Waals surface area (Å²) in [4.78, 5) is 25.2. The molecule has 0 aliphatic heterocycles. The first-order chi connectivity index (χ1) is 13.7. The van der Waals surface area contributed by atoms with Crippen molar-refractivity contribution in [3.05, 3.63) is 105 Å². The zero-order valence-electron chi connectivity index (χ0n) is 14.9. The monoisotopic (exact) mass is 404 g/mol. The summed E-state index contributed by atoms with van der Waals surface area (Å²) in [5.41, 5.74) is 2.21. The van der Waals surface area contributed by atoms with E-state index < -0.39 is 0 Å². The van der Waals surface area contributed by atoms with Gasteiger partial charge in [-0.2, -0.15) is 0 Å². The van der Waals surface area contributed by atoms with Gasteiger partial charge in [0.1, 0.15) is 0 Å². The molecule has 0 radical (unpaired) electrons. The number of hydrogen-bond acceptors (Lipinski definition) is 4. The smallest absolute Gasteiger partial charge is 0.268 e. The van der Waals surface area contributed by atoms with Gasteiger partial charge in [0.25, 0.3) is 11.1 Å². The number of fused-ring (bicyclic) bond motifs is 2. The second-order valence-electron chi connectivity index (χ2n) is 6.68. The largest absolute Gasteiger partial charge is 0.268 e. The minimum atomic E-state index is 0.0479. The average molecular weight is 405 g/mol. The highest BCUT2D eigenvalue weighted by atomic mass is 32.1. The third kappa shape index (κ3) is 3.00. The molecule has 0 atom stereocenters. The van der Waals surface area contributed by atoms with E-state index in [1.165, 1.54) is 23.1 Å². The lowest BCUT2D eigenvalue weighted by Gasteiger charge is -2.06. The molecule has 28 heavy (non-hydrogen) atoms. The number of nitrogens with zero attached hydrogens (tertiary/aromatic N) is 2. The van der Waals surface area contributed by atoms with Crippen molar-refractivity contribution in [3.63, 3.8) is 0 Å². The first-order valence-electron chi connectivity index (χ1n) is 8.94. The van der Waals surface area contributed by atoms with Crippen LogP contribution in [-0.2, 0) is 13.1 Å². The van der Waals surface area contributed by atoms with Crippen molar-refractivity contribution in [2.75, 3.05) is 0 Å². The lowest BCUT2D eigenvalue weighted by molar-refractivity contribution is 0.831. The summed E-state index contributed by atoms with van der Waals surface area (Å²) in [6.45, 7) is 1.07. The van der Waals surface area contributed by atoms with Crippen LogP contribution in [0.4, 0.5) is 0 Å². The summed E-state index contributed by atoms with van der Waals surface area (Å²) < 4.78 is 5.58. The van der Waals surface area contributed by atoms with Crippen molar-refractivity contribution in [2.45, 2.75) is 13.1 Å². The molecule has 5 aromatic rings. The quantitative estimate of drug-likeness (QED) is 0.442. The molecule has 0 N–H and O–H groups in total. The highest BCUT2D eigenvalue weighted by Crippen LogP contribution is 2.19. The van der Waals surface area contributed by atoms with Gasteiger partial charge < -0.3 is 0 Å². The lowest BCUT2D eigenvalue weighted by Crippen LogP contribution is -2.15. The van der Waals surface area contributed by atoms with E-state index in [9.17, 15) is 9.59 Å². The molecule has 5 rings (SSSR count). The standard InChI is InChI=1S/C22H16N2O2S2/c25-21-17-8-1-3-10-19(17)27-23(21)13-15-6-5-7-16(12-15)14-24-22(26)18-9-2-4-11-20(18)28-24/h1-12H,13-14H2. The van der Waals surface area contributed by atoms with E-state index in [1.54, 1.807) is 7.91 Å². The van der Waals surface area contributed by atoms with Gasteiger partial charge in [-0.05, 0) is 35.4 Å². The first kappa shape index (κ1) is 17.2. The van der Waals surface area contributed by atoms with Crippen molar-refractivity contribution in [1.82, 2.24) is 7.91 Å². The Morgan fingerprint density at radius 3 is 1.54 bits per heavy atom. The van der Waals surface area contributed by atoms with Gasteiger partial charge in [-0.1, -0.05) is 71.6 Å². The molecule has 0 saturated heterocycles. The Morgan fingerprint density at radius 1 is 0.607 bits per heavy atom. The Balaban J connectivity index is 1.46. The van der Waals surface area contributed by atoms with Crippen LogP contribution < -0.4 is 11.1 Å². The molecule has 0 aliphatic rings. The van der Waals surface area contributed by atoms with Gasteiger partial charge in [-0.15, -0.1) is 0 Å². The number of benzene rings is 3. The van der Waals surface area contributed by atoms with E-state index in [0.717, 1.165) is 31.3 Å². The van der Waals surface area contributed by atoms with Crippen LogP contribution >= 0.6 is 23.1 Å². The van der Waals surface area contributed by atoms with Crippen LogP contribution in [0.1, 0.15) is 11.1 Å². The zero-order valence-corrected chi connectivity index (χ0v) is 16.5. The maximum atomic E-state index is 12.6. The average Bonchev–Trinajstić information content (AvgIpc) is 3.20. The second kappa shape index (κ2) is 6.89. The van der Waals surface area contributed by atoms with Crippen LogP contribution in [0, 0.1) is 0 Å². The van der Waals surface area contributed by atoms with E-state index in [2.05, 4.69) is 6.07 Å². The minimum Gasteiger partial charge on any atom is -0.268 e. The lowest BCUT2D eigenvalue weighted by atomic mass is 10.1. The Bertz CT molecular complexity index is 1320. The van der Waals surface area contributed by atoms with Crippen LogP contribution in [0.3, 0.4) is 0 Å². The molecule has 4 nitrogen and oxygen atoms in total. The van der Waals surface area contributed by atoms with Crippen LogP contribution in [0.25, 0.3) is 20.2 Å². The van der Waals surface area contributed by atoms with E-state index in [-0.39, 0.29) is 11.1 Å². The Kier molecular flexibility index (Phi) is 4.22. The molecule has 0 aliphatic carbocycles. The van der Waals surface area contributed by atoms with Crippen LogP contribution in [0.5, 0.6) is 0 Å². The molecule has 2 aromatic heterocycles. The van der Waals surface area contributed by atoms with Gasteiger partial charge in [0.05, 0.1) is 33.3 Å². The van der Waals surface area contributed by atoms with E-state index in [0.29, 0.717) is 13.1 Å². The van der Waals surface area contributed by atoms with Gasteiger partial charge in [-0.25, -0.2) is 0 Å². The summed E-state index contributed by atoms with van der Waals surface area (Å²) >= 11 is 2.97.